The van der Waals surface area contributed by atoms with Crippen LogP contribution in [0.15, 0.2) is 22.9 Å². The lowest BCUT2D eigenvalue weighted by molar-refractivity contribution is 0.0600. The molecule has 0 radical (unpaired) electrons. The zero-order valence-electron chi connectivity index (χ0n) is 8.39. The molecular weight excluding hydrogens is 212 g/mol. The second-order valence-electron chi connectivity index (χ2n) is 3.01. The molecule has 2 heterocycles. The topological polar surface area (TPSA) is 85.2 Å². The van der Waals surface area contributed by atoms with E-state index in [1.807, 2.05) is 0 Å². The first-order valence-corrected chi connectivity index (χ1v) is 4.42. The van der Waals surface area contributed by atoms with Crippen LogP contribution >= 0.6 is 0 Å². The molecule has 1 N–H and O–H groups in total. The Morgan fingerprint density at radius 1 is 1.62 bits per heavy atom. The van der Waals surface area contributed by atoms with Gasteiger partial charge in [0.2, 0.25) is 0 Å². The maximum absolute atomic E-state index is 11.2. The van der Waals surface area contributed by atoms with Crippen LogP contribution in [0.3, 0.4) is 0 Å². The number of methoxy groups -OCH3 is 1. The average Bonchev–Trinajstić information content (AvgIpc) is 2.95. The van der Waals surface area contributed by atoms with Gasteiger partial charge in [0.25, 0.3) is 0 Å². The normalized spacial score (nSPS) is 10.1. The number of rotatable bonds is 3. The number of hydrogen-bond donors (Lipinski definition) is 1. The number of aromatic nitrogens is 2. The number of aromatic amines is 1. The maximum Gasteiger partial charge on any atom is 0.341 e. The number of nitrogens with one attached hydrogen (secondary N) is 1. The van der Waals surface area contributed by atoms with E-state index in [4.69, 9.17) is 4.42 Å². The van der Waals surface area contributed by atoms with Crippen LogP contribution in [0.25, 0.3) is 11.5 Å². The van der Waals surface area contributed by atoms with Crippen LogP contribution in [0.4, 0.5) is 0 Å². The number of hydrogen-bond acceptors (Lipinski definition) is 5. The van der Waals surface area contributed by atoms with E-state index < -0.39 is 5.97 Å². The van der Waals surface area contributed by atoms with Gasteiger partial charge in [0.15, 0.2) is 12.0 Å². The lowest BCUT2D eigenvalue weighted by atomic mass is 10.2. The van der Waals surface area contributed by atoms with Gasteiger partial charge in [-0.05, 0) is 0 Å². The molecule has 16 heavy (non-hydrogen) atoms. The molecule has 0 aliphatic rings. The van der Waals surface area contributed by atoms with Gasteiger partial charge in [-0.15, -0.1) is 0 Å². The van der Waals surface area contributed by atoms with Gasteiger partial charge in [-0.3, -0.25) is 9.89 Å². The molecule has 2 aromatic heterocycles. The van der Waals surface area contributed by atoms with Crippen molar-refractivity contribution in [1.82, 2.24) is 10.2 Å². The second-order valence-corrected chi connectivity index (χ2v) is 3.01. The molecule has 0 saturated heterocycles. The summed E-state index contributed by atoms with van der Waals surface area (Å²) < 4.78 is 9.67. The molecule has 0 aliphatic carbocycles. The van der Waals surface area contributed by atoms with Crippen molar-refractivity contribution in [3.63, 3.8) is 0 Å². The van der Waals surface area contributed by atoms with Crippen molar-refractivity contribution in [1.29, 1.82) is 0 Å². The summed E-state index contributed by atoms with van der Waals surface area (Å²) >= 11 is 0. The lowest BCUT2D eigenvalue weighted by Crippen LogP contribution is -1.98. The number of H-pyrrole nitrogens is 1. The van der Waals surface area contributed by atoms with E-state index in [0.717, 1.165) is 0 Å². The Balaban J connectivity index is 2.38. The first-order chi connectivity index (χ1) is 7.76. The quantitative estimate of drug-likeness (QED) is 0.621. The fourth-order valence-electron chi connectivity index (χ4n) is 1.27. The molecule has 0 amide bonds. The van der Waals surface area contributed by atoms with E-state index in [2.05, 4.69) is 14.9 Å². The third-order valence-electron chi connectivity index (χ3n) is 2.06. The molecule has 0 spiro atoms. The van der Waals surface area contributed by atoms with Crippen molar-refractivity contribution < 1.29 is 18.7 Å². The Morgan fingerprint density at radius 3 is 3.12 bits per heavy atom. The Kier molecular flexibility index (Phi) is 2.55. The number of ether oxygens (including phenoxy) is 1. The van der Waals surface area contributed by atoms with Gasteiger partial charge >= 0.3 is 5.97 Å². The predicted molar refractivity (Wildman–Crippen MR) is 53.0 cm³/mol. The Morgan fingerprint density at radius 2 is 2.44 bits per heavy atom. The highest BCUT2D eigenvalue weighted by atomic mass is 16.5. The van der Waals surface area contributed by atoms with Crippen LogP contribution in [0.1, 0.15) is 20.7 Å². The molecule has 0 atom stereocenters. The van der Waals surface area contributed by atoms with Gasteiger partial charge in [-0.1, -0.05) is 0 Å². The summed E-state index contributed by atoms with van der Waals surface area (Å²) in [6.07, 6.45) is 3.29. The number of carbonyl (C=O) groups excluding carboxylic acids is 2. The van der Waals surface area contributed by atoms with Crippen LogP contribution in [-0.2, 0) is 4.74 Å². The Bertz CT molecular complexity index is 526. The van der Waals surface area contributed by atoms with Crippen LogP contribution in [0.5, 0.6) is 0 Å². The molecule has 0 unspecified atom stereocenters. The minimum atomic E-state index is -0.498. The summed E-state index contributed by atoms with van der Waals surface area (Å²) in [6.45, 7) is 0. The number of esters is 1. The molecule has 6 nitrogen and oxygen atoms in total. The largest absolute Gasteiger partial charge is 0.465 e. The van der Waals surface area contributed by atoms with E-state index in [1.54, 1.807) is 0 Å². The standard InChI is InChI=1S/C10H8N2O4/c1-15-10(14)6-2-8(16-5-6)9-7(4-13)3-11-12-9/h2-5H,1H3,(H,11,12). The third-order valence-corrected chi connectivity index (χ3v) is 2.06. The van der Waals surface area contributed by atoms with Crippen molar-refractivity contribution in [2.45, 2.75) is 0 Å². The van der Waals surface area contributed by atoms with Crippen molar-refractivity contribution >= 4 is 12.3 Å². The number of furan rings is 1. The highest BCUT2D eigenvalue weighted by molar-refractivity contribution is 5.91. The summed E-state index contributed by atoms with van der Waals surface area (Å²) in [5.74, 6) is -0.137. The van der Waals surface area contributed by atoms with Crippen molar-refractivity contribution in [2.24, 2.45) is 0 Å². The third kappa shape index (κ3) is 1.60. The molecule has 6 heteroatoms. The van der Waals surface area contributed by atoms with E-state index in [9.17, 15) is 9.59 Å². The number of carbonyl (C=O) groups is 2. The van der Waals surface area contributed by atoms with Crippen LogP contribution in [-0.4, -0.2) is 29.6 Å². The summed E-state index contributed by atoms with van der Waals surface area (Å²) in [6, 6.07) is 1.48. The van der Waals surface area contributed by atoms with Crippen molar-refractivity contribution in [3.05, 3.63) is 29.7 Å². The highest BCUT2D eigenvalue weighted by Gasteiger charge is 2.15. The highest BCUT2D eigenvalue weighted by Crippen LogP contribution is 2.22. The molecule has 0 fully saturated rings. The van der Waals surface area contributed by atoms with Crippen molar-refractivity contribution in [2.75, 3.05) is 7.11 Å². The van der Waals surface area contributed by atoms with E-state index in [-0.39, 0.29) is 5.56 Å². The van der Waals surface area contributed by atoms with Gasteiger partial charge in [-0.2, -0.15) is 5.10 Å². The minimum absolute atomic E-state index is 0.281. The lowest BCUT2D eigenvalue weighted by Gasteiger charge is -1.91. The van der Waals surface area contributed by atoms with E-state index in [1.165, 1.54) is 25.6 Å². The molecular formula is C10H8N2O4. The molecule has 0 saturated carbocycles. The summed E-state index contributed by atoms with van der Waals surface area (Å²) in [7, 11) is 1.28. The zero-order chi connectivity index (χ0) is 11.5. The molecule has 82 valence electrons. The van der Waals surface area contributed by atoms with Crippen LogP contribution < -0.4 is 0 Å². The fourth-order valence-corrected chi connectivity index (χ4v) is 1.27. The van der Waals surface area contributed by atoms with E-state index >= 15 is 0 Å². The number of aldehydes is 1. The van der Waals surface area contributed by atoms with Gasteiger partial charge in [0.05, 0.1) is 24.4 Å². The average molecular weight is 220 g/mol. The molecule has 2 rings (SSSR count). The SMILES string of the molecule is COC(=O)c1coc(-c2[nH]ncc2C=O)c1. The second kappa shape index (κ2) is 4.01. The summed E-state index contributed by atoms with van der Waals surface area (Å²) in [5.41, 5.74) is 1.08. The molecule has 0 bridgehead atoms. The zero-order valence-corrected chi connectivity index (χ0v) is 8.39. The molecule has 2 aromatic rings. The van der Waals surface area contributed by atoms with Crippen LogP contribution in [0, 0.1) is 0 Å². The van der Waals surface area contributed by atoms with Gasteiger partial charge in [-0.25, -0.2) is 4.79 Å². The smallest absolute Gasteiger partial charge is 0.341 e. The van der Waals surface area contributed by atoms with Gasteiger partial charge < -0.3 is 9.15 Å². The van der Waals surface area contributed by atoms with Crippen molar-refractivity contribution in [3.8, 4) is 11.5 Å². The van der Waals surface area contributed by atoms with Gasteiger partial charge in [0.1, 0.15) is 12.0 Å². The first-order valence-electron chi connectivity index (χ1n) is 4.42. The predicted octanol–water partition coefficient (Wildman–Crippen LogP) is 1.27. The monoisotopic (exact) mass is 220 g/mol. The van der Waals surface area contributed by atoms with E-state index in [0.29, 0.717) is 23.3 Å². The Hall–Kier alpha value is -2.37. The Labute approximate surface area is 90.2 Å². The first kappa shape index (κ1) is 10.2. The molecule has 0 aliphatic heterocycles. The van der Waals surface area contributed by atoms with Gasteiger partial charge in [0, 0.05) is 6.07 Å². The summed E-state index contributed by atoms with van der Waals surface area (Å²) in [4.78, 5) is 21.8. The summed E-state index contributed by atoms with van der Waals surface area (Å²) in [5, 5.41) is 6.33. The number of nitrogens with zero attached hydrogens (tertiary/aromatic N) is 1. The molecule has 0 aromatic carbocycles. The van der Waals surface area contributed by atoms with Crippen LogP contribution in [0.2, 0.25) is 0 Å². The fraction of sp³-hybridized carbons (Fsp3) is 0.100. The maximum atomic E-state index is 11.2. The minimum Gasteiger partial charge on any atom is -0.465 e.